The Labute approximate surface area is 140 Å². The predicted octanol–water partition coefficient (Wildman–Crippen LogP) is 4.03. The summed E-state index contributed by atoms with van der Waals surface area (Å²) >= 11 is 0. The fourth-order valence-corrected chi connectivity index (χ4v) is 2.99. The summed E-state index contributed by atoms with van der Waals surface area (Å²) in [5, 5.41) is 9.72. The molecule has 0 amide bonds. The van der Waals surface area contributed by atoms with Crippen LogP contribution in [-0.2, 0) is 6.42 Å². The van der Waals surface area contributed by atoms with Crippen LogP contribution in [0.5, 0.6) is 5.75 Å². The highest BCUT2D eigenvalue weighted by Gasteiger charge is 2.15. The summed E-state index contributed by atoms with van der Waals surface area (Å²) in [6.45, 7) is 2.09. The number of aromatic nitrogens is 3. The van der Waals surface area contributed by atoms with Crippen molar-refractivity contribution in [1.29, 1.82) is 0 Å². The van der Waals surface area contributed by atoms with Crippen LogP contribution in [0.25, 0.3) is 16.9 Å². The van der Waals surface area contributed by atoms with E-state index in [4.69, 9.17) is 4.98 Å². The lowest BCUT2D eigenvalue weighted by Crippen LogP contribution is -2.04. The van der Waals surface area contributed by atoms with Crippen molar-refractivity contribution >= 4 is 11.2 Å². The van der Waals surface area contributed by atoms with Crippen molar-refractivity contribution in [3.63, 3.8) is 0 Å². The van der Waals surface area contributed by atoms with Crippen LogP contribution >= 0.6 is 0 Å². The first-order chi connectivity index (χ1) is 11.7. The average Bonchev–Trinajstić information content (AvgIpc) is 2.93. The Morgan fingerprint density at radius 1 is 1.00 bits per heavy atom. The van der Waals surface area contributed by atoms with E-state index in [0.29, 0.717) is 6.42 Å². The van der Waals surface area contributed by atoms with Gasteiger partial charge in [0.15, 0.2) is 5.65 Å². The Balaban J connectivity index is 1.92. The smallest absolute Gasteiger partial charge is 0.164 e. The van der Waals surface area contributed by atoms with E-state index < -0.39 is 0 Å². The third-order valence-electron chi connectivity index (χ3n) is 4.11. The lowest BCUT2D eigenvalue weighted by molar-refractivity contribution is 0.474. The Morgan fingerprint density at radius 3 is 2.71 bits per heavy atom. The van der Waals surface area contributed by atoms with E-state index in [0.717, 1.165) is 28.2 Å². The van der Waals surface area contributed by atoms with E-state index in [9.17, 15) is 5.11 Å². The number of hydrogen-bond acceptors (Lipinski definition) is 3. The number of nitrogens with zero attached hydrogens (tertiary/aromatic N) is 3. The van der Waals surface area contributed by atoms with Crippen LogP contribution in [0, 0.1) is 6.92 Å². The molecule has 0 aliphatic carbocycles. The zero-order valence-electron chi connectivity index (χ0n) is 13.3. The molecule has 0 fully saturated rings. The minimum Gasteiger partial charge on any atom is -0.508 e. The third-order valence-corrected chi connectivity index (χ3v) is 4.11. The number of aromatic hydroxyl groups is 1. The third kappa shape index (κ3) is 2.52. The SMILES string of the molecule is Cc1ccccc1-n1c(Cc2cccc(O)c2)nc2cccnc21. The highest BCUT2D eigenvalue weighted by molar-refractivity contribution is 5.74. The monoisotopic (exact) mass is 315 g/mol. The van der Waals surface area contributed by atoms with Crippen molar-refractivity contribution < 1.29 is 5.11 Å². The molecule has 0 aliphatic heterocycles. The topological polar surface area (TPSA) is 50.9 Å². The number of rotatable bonds is 3. The van der Waals surface area contributed by atoms with Gasteiger partial charge in [-0.3, -0.25) is 4.57 Å². The van der Waals surface area contributed by atoms with Gasteiger partial charge in [0.1, 0.15) is 17.1 Å². The van der Waals surface area contributed by atoms with Crippen molar-refractivity contribution in [1.82, 2.24) is 14.5 Å². The molecule has 0 spiro atoms. The van der Waals surface area contributed by atoms with Crippen molar-refractivity contribution in [2.75, 3.05) is 0 Å². The summed E-state index contributed by atoms with van der Waals surface area (Å²) < 4.78 is 2.11. The fourth-order valence-electron chi connectivity index (χ4n) is 2.99. The standard InChI is InChI=1S/C20H17N3O/c1-14-6-2-3-10-18(14)23-19(13-15-7-4-8-16(24)12-15)22-17-9-5-11-21-20(17)23/h2-12,24H,13H2,1H3. The number of imidazole rings is 1. The van der Waals surface area contributed by atoms with Gasteiger partial charge in [-0.2, -0.15) is 0 Å². The summed E-state index contributed by atoms with van der Waals surface area (Å²) in [5.41, 5.74) is 4.98. The zero-order valence-corrected chi connectivity index (χ0v) is 13.3. The first-order valence-electron chi connectivity index (χ1n) is 7.88. The van der Waals surface area contributed by atoms with Gasteiger partial charge in [-0.15, -0.1) is 0 Å². The molecular weight excluding hydrogens is 298 g/mol. The molecule has 2 heterocycles. The maximum Gasteiger partial charge on any atom is 0.164 e. The fraction of sp³-hybridized carbons (Fsp3) is 0.100. The van der Waals surface area contributed by atoms with E-state index in [1.165, 1.54) is 5.56 Å². The number of phenols is 1. The van der Waals surface area contributed by atoms with E-state index in [1.807, 2.05) is 36.4 Å². The zero-order chi connectivity index (χ0) is 16.5. The van der Waals surface area contributed by atoms with Crippen LogP contribution in [0.4, 0.5) is 0 Å². The number of phenolic OH excluding ortho intramolecular Hbond substituents is 1. The highest BCUT2D eigenvalue weighted by Crippen LogP contribution is 2.24. The van der Waals surface area contributed by atoms with Crippen molar-refractivity contribution in [3.8, 4) is 11.4 Å². The number of para-hydroxylation sites is 1. The van der Waals surface area contributed by atoms with Crippen LogP contribution in [0.2, 0.25) is 0 Å². The van der Waals surface area contributed by atoms with Crippen LogP contribution in [0.1, 0.15) is 17.0 Å². The van der Waals surface area contributed by atoms with Gasteiger partial charge in [0.25, 0.3) is 0 Å². The minimum absolute atomic E-state index is 0.268. The molecule has 0 unspecified atom stereocenters. The molecule has 2 aromatic carbocycles. The summed E-state index contributed by atoms with van der Waals surface area (Å²) in [7, 11) is 0. The Kier molecular flexibility index (Phi) is 3.50. The van der Waals surface area contributed by atoms with Crippen LogP contribution < -0.4 is 0 Å². The van der Waals surface area contributed by atoms with Crippen molar-refractivity contribution in [2.24, 2.45) is 0 Å². The molecule has 4 rings (SSSR count). The first kappa shape index (κ1) is 14.5. The molecule has 118 valence electrons. The van der Waals surface area contributed by atoms with Crippen LogP contribution in [0.3, 0.4) is 0 Å². The second-order valence-corrected chi connectivity index (χ2v) is 5.84. The largest absolute Gasteiger partial charge is 0.508 e. The summed E-state index contributed by atoms with van der Waals surface area (Å²) in [4.78, 5) is 9.30. The van der Waals surface area contributed by atoms with E-state index in [-0.39, 0.29) is 5.75 Å². The Hall–Kier alpha value is -3.14. The van der Waals surface area contributed by atoms with Gasteiger partial charge in [0.05, 0.1) is 5.69 Å². The maximum absolute atomic E-state index is 9.72. The highest BCUT2D eigenvalue weighted by atomic mass is 16.3. The quantitative estimate of drug-likeness (QED) is 0.621. The minimum atomic E-state index is 0.268. The Morgan fingerprint density at radius 2 is 1.88 bits per heavy atom. The molecule has 2 aromatic heterocycles. The first-order valence-corrected chi connectivity index (χ1v) is 7.88. The molecule has 0 saturated carbocycles. The van der Waals surface area contributed by atoms with Crippen molar-refractivity contribution in [3.05, 3.63) is 83.8 Å². The second kappa shape index (κ2) is 5.81. The van der Waals surface area contributed by atoms with Gasteiger partial charge in [-0.25, -0.2) is 9.97 Å². The number of benzene rings is 2. The van der Waals surface area contributed by atoms with Crippen molar-refractivity contribution in [2.45, 2.75) is 13.3 Å². The molecule has 4 nitrogen and oxygen atoms in total. The van der Waals surface area contributed by atoms with Crippen LogP contribution in [-0.4, -0.2) is 19.6 Å². The van der Waals surface area contributed by atoms with Gasteiger partial charge >= 0.3 is 0 Å². The normalized spacial score (nSPS) is 11.0. The van der Waals surface area contributed by atoms with E-state index in [1.54, 1.807) is 18.3 Å². The Bertz CT molecular complexity index is 1020. The lowest BCUT2D eigenvalue weighted by atomic mass is 10.1. The number of pyridine rings is 1. The number of fused-ring (bicyclic) bond motifs is 1. The molecule has 4 aromatic rings. The van der Waals surface area contributed by atoms with Gasteiger partial charge in [-0.1, -0.05) is 30.3 Å². The maximum atomic E-state index is 9.72. The molecule has 0 saturated heterocycles. The molecule has 24 heavy (non-hydrogen) atoms. The lowest BCUT2D eigenvalue weighted by Gasteiger charge is -2.11. The molecule has 0 bridgehead atoms. The average molecular weight is 315 g/mol. The number of hydrogen-bond donors (Lipinski definition) is 1. The summed E-state index contributed by atoms with van der Waals surface area (Å²) in [6, 6.07) is 19.4. The molecule has 4 heteroatoms. The molecule has 1 N–H and O–H groups in total. The second-order valence-electron chi connectivity index (χ2n) is 5.84. The summed E-state index contributed by atoms with van der Waals surface area (Å²) in [6.07, 6.45) is 2.41. The van der Waals surface area contributed by atoms with Gasteiger partial charge in [0.2, 0.25) is 0 Å². The van der Waals surface area contributed by atoms with Crippen LogP contribution in [0.15, 0.2) is 66.9 Å². The van der Waals surface area contributed by atoms with Gasteiger partial charge < -0.3 is 5.11 Å². The summed E-state index contributed by atoms with van der Waals surface area (Å²) in [5.74, 6) is 1.17. The van der Waals surface area contributed by atoms with Gasteiger partial charge in [-0.05, 0) is 48.4 Å². The molecular formula is C20H17N3O. The van der Waals surface area contributed by atoms with Gasteiger partial charge in [0, 0.05) is 12.6 Å². The van der Waals surface area contributed by atoms with E-state index >= 15 is 0 Å². The molecule has 0 atom stereocenters. The molecule has 0 aliphatic rings. The predicted molar refractivity (Wildman–Crippen MR) is 94.5 cm³/mol. The number of aryl methyl sites for hydroxylation is 1. The molecule has 0 radical (unpaired) electrons. The van der Waals surface area contributed by atoms with E-state index in [2.05, 4.69) is 28.6 Å².